The molecule has 0 radical (unpaired) electrons. The highest BCUT2D eigenvalue weighted by molar-refractivity contribution is 5.86. The van der Waals surface area contributed by atoms with E-state index in [-0.39, 0.29) is 12.4 Å². The normalized spacial score (nSPS) is 11.3. The quantitative estimate of drug-likeness (QED) is 0.364. The van der Waals surface area contributed by atoms with E-state index in [0.29, 0.717) is 42.4 Å². The van der Waals surface area contributed by atoms with E-state index in [4.69, 9.17) is 9.15 Å². The molecule has 0 aliphatic heterocycles. The fraction of sp³-hybridized carbons (Fsp3) is 0.409. The number of H-pyrrole nitrogens is 1. The van der Waals surface area contributed by atoms with E-state index in [9.17, 15) is 14.4 Å². The molecule has 0 saturated carbocycles. The molecule has 0 bridgehead atoms. The molecule has 0 saturated heterocycles. The molecule has 0 unspecified atom stereocenters. The van der Waals surface area contributed by atoms with Crippen LogP contribution < -0.4 is 11.2 Å². The highest BCUT2D eigenvalue weighted by Crippen LogP contribution is 2.16. The second-order valence-corrected chi connectivity index (χ2v) is 7.66. The number of fused-ring (bicyclic) bond motifs is 1. The van der Waals surface area contributed by atoms with E-state index in [1.54, 1.807) is 39.8 Å². The van der Waals surface area contributed by atoms with Gasteiger partial charge in [0.25, 0.3) is 5.56 Å². The maximum atomic E-state index is 12.6. The zero-order valence-corrected chi connectivity index (χ0v) is 18.6. The summed E-state index contributed by atoms with van der Waals surface area (Å²) in [6, 6.07) is 5.03. The molecular weight excluding hydrogens is 428 g/mol. The summed E-state index contributed by atoms with van der Waals surface area (Å²) in [6.07, 6.45) is 5.84. The van der Waals surface area contributed by atoms with E-state index in [1.807, 2.05) is 13.8 Å². The van der Waals surface area contributed by atoms with Crippen LogP contribution in [0.3, 0.4) is 0 Å². The van der Waals surface area contributed by atoms with Gasteiger partial charge in [-0.1, -0.05) is 20.3 Å². The Hall–Kier alpha value is -3.89. The highest BCUT2D eigenvalue weighted by Gasteiger charge is 2.20. The SMILES string of the molecule is CCCCn1c(=O)[nH]c(=O)c2c1nc(COC(=O)c1ccc(Cn3cccn3)o1)n2CCC. The molecule has 0 amide bonds. The van der Waals surface area contributed by atoms with Crippen molar-refractivity contribution >= 4 is 17.1 Å². The Bertz CT molecular complexity index is 1360. The van der Waals surface area contributed by atoms with E-state index in [2.05, 4.69) is 15.1 Å². The molecule has 11 nitrogen and oxygen atoms in total. The zero-order valence-electron chi connectivity index (χ0n) is 18.6. The number of furan rings is 1. The van der Waals surface area contributed by atoms with Crippen LogP contribution in [0.5, 0.6) is 0 Å². The minimum absolute atomic E-state index is 0.0630. The predicted octanol–water partition coefficient (Wildman–Crippen LogP) is 2.29. The van der Waals surface area contributed by atoms with Gasteiger partial charge in [-0.25, -0.2) is 14.6 Å². The monoisotopic (exact) mass is 454 g/mol. The summed E-state index contributed by atoms with van der Waals surface area (Å²) in [5, 5.41) is 4.11. The maximum Gasteiger partial charge on any atom is 0.374 e. The molecule has 1 N–H and O–H groups in total. The van der Waals surface area contributed by atoms with Crippen molar-refractivity contribution in [2.24, 2.45) is 0 Å². The van der Waals surface area contributed by atoms with Gasteiger partial charge >= 0.3 is 11.7 Å². The third kappa shape index (κ3) is 4.66. The van der Waals surface area contributed by atoms with Crippen LogP contribution in [0, 0.1) is 0 Å². The molecule has 0 aliphatic carbocycles. The predicted molar refractivity (Wildman–Crippen MR) is 119 cm³/mol. The topological polar surface area (TPSA) is 130 Å². The number of aromatic nitrogens is 6. The van der Waals surface area contributed by atoms with Crippen LogP contribution in [0.1, 0.15) is 55.2 Å². The number of carbonyl (C=O) groups is 1. The van der Waals surface area contributed by atoms with Crippen LogP contribution in [0.15, 0.2) is 44.6 Å². The van der Waals surface area contributed by atoms with Crippen LogP contribution in [-0.2, 0) is 31.0 Å². The first kappa shape index (κ1) is 22.3. The molecule has 4 aromatic heterocycles. The second kappa shape index (κ2) is 9.72. The van der Waals surface area contributed by atoms with Crippen molar-refractivity contribution in [3.63, 3.8) is 0 Å². The van der Waals surface area contributed by atoms with Gasteiger partial charge < -0.3 is 13.7 Å². The first-order valence-electron chi connectivity index (χ1n) is 11.0. The van der Waals surface area contributed by atoms with Gasteiger partial charge in [0.2, 0.25) is 5.76 Å². The highest BCUT2D eigenvalue weighted by atomic mass is 16.5. The molecule has 4 heterocycles. The summed E-state index contributed by atoms with van der Waals surface area (Å²) in [7, 11) is 0. The van der Waals surface area contributed by atoms with Crippen molar-refractivity contribution in [3.05, 3.63) is 68.8 Å². The number of unbranched alkanes of at least 4 members (excludes halogenated alkanes) is 1. The van der Waals surface area contributed by atoms with Gasteiger partial charge in [0.1, 0.15) is 18.2 Å². The Balaban J connectivity index is 1.58. The van der Waals surface area contributed by atoms with Crippen molar-refractivity contribution in [3.8, 4) is 0 Å². The average molecular weight is 454 g/mol. The zero-order chi connectivity index (χ0) is 23.4. The van der Waals surface area contributed by atoms with Crippen LogP contribution in [0.4, 0.5) is 0 Å². The minimum Gasteiger partial charge on any atom is -0.452 e. The van der Waals surface area contributed by atoms with E-state index >= 15 is 0 Å². The van der Waals surface area contributed by atoms with Gasteiger partial charge in [-0.2, -0.15) is 5.10 Å². The number of aromatic amines is 1. The van der Waals surface area contributed by atoms with E-state index in [1.165, 1.54) is 4.57 Å². The van der Waals surface area contributed by atoms with Crippen molar-refractivity contribution in [1.82, 2.24) is 28.9 Å². The van der Waals surface area contributed by atoms with Gasteiger partial charge in [-0.05, 0) is 31.0 Å². The first-order chi connectivity index (χ1) is 16.0. The average Bonchev–Trinajstić information content (AvgIpc) is 3.54. The van der Waals surface area contributed by atoms with Crippen LogP contribution in [0.25, 0.3) is 11.2 Å². The lowest BCUT2D eigenvalue weighted by Crippen LogP contribution is -2.31. The molecule has 0 fully saturated rings. The van der Waals surface area contributed by atoms with Crippen molar-refractivity contribution < 1.29 is 13.9 Å². The first-order valence-corrected chi connectivity index (χ1v) is 11.0. The molecule has 0 atom stereocenters. The van der Waals surface area contributed by atoms with Gasteiger partial charge in [-0.15, -0.1) is 0 Å². The lowest BCUT2D eigenvalue weighted by atomic mass is 10.3. The Morgan fingerprint density at radius 2 is 2.00 bits per heavy atom. The Morgan fingerprint density at radius 1 is 1.15 bits per heavy atom. The largest absolute Gasteiger partial charge is 0.452 e. The number of carbonyl (C=O) groups excluding carboxylic acids is 1. The molecule has 4 aromatic rings. The van der Waals surface area contributed by atoms with Gasteiger partial charge in [0.05, 0.1) is 6.54 Å². The molecule has 4 rings (SSSR count). The third-order valence-electron chi connectivity index (χ3n) is 5.22. The Kier molecular flexibility index (Phi) is 6.57. The summed E-state index contributed by atoms with van der Waals surface area (Å²) in [4.78, 5) is 44.4. The number of nitrogens with one attached hydrogen (secondary N) is 1. The molecule has 11 heteroatoms. The van der Waals surface area contributed by atoms with Crippen molar-refractivity contribution in [2.45, 2.75) is 59.4 Å². The second-order valence-electron chi connectivity index (χ2n) is 7.66. The fourth-order valence-electron chi connectivity index (χ4n) is 3.64. The van der Waals surface area contributed by atoms with Gasteiger partial charge in [-0.3, -0.25) is 19.0 Å². The molecule has 0 spiro atoms. The van der Waals surface area contributed by atoms with E-state index < -0.39 is 17.2 Å². The third-order valence-corrected chi connectivity index (χ3v) is 5.22. The number of imidazole rings is 1. The molecule has 33 heavy (non-hydrogen) atoms. The van der Waals surface area contributed by atoms with Gasteiger partial charge in [0.15, 0.2) is 11.2 Å². The summed E-state index contributed by atoms with van der Waals surface area (Å²) in [6.45, 7) is 5.15. The number of ether oxygens (including phenoxy) is 1. The summed E-state index contributed by atoms with van der Waals surface area (Å²) >= 11 is 0. The minimum atomic E-state index is -0.644. The molecule has 174 valence electrons. The fourth-order valence-corrected chi connectivity index (χ4v) is 3.64. The number of nitrogens with zero attached hydrogens (tertiary/aromatic N) is 5. The summed E-state index contributed by atoms with van der Waals surface area (Å²) in [5.74, 6) is 0.377. The van der Waals surface area contributed by atoms with Crippen molar-refractivity contribution in [1.29, 1.82) is 0 Å². The maximum absolute atomic E-state index is 12.6. The summed E-state index contributed by atoms with van der Waals surface area (Å²) < 4.78 is 15.9. The van der Waals surface area contributed by atoms with Crippen LogP contribution in [-0.4, -0.2) is 34.9 Å². The lowest BCUT2D eigenvalue weighted by Gasteiger charge is -2.08. The van der Waals surface area contributed by atoms with Crippen LogP contribution >= 0.6 is 0 Å². The van der Waals surface area contributed by atoms with E-state index in [0.717, 1.165) is 19.3 Å². The number of hydrogen-bond donors (Lipinski definition) is 1. The van der Waals surface area contributed by atoms with Crippen LogP contribution in [0.2, 0.25) is 0 Å². The smallest absolute Gasteiger partial charge is 0.374 e. The van der Waals surface area contributed by atoms with Gasteiger partial charge in [0, 0.05) is 25.5 Å². The Labute approximate surface area is 188 Å². The number of aryl methyl sites for hydroxylation is 2. The Morgan fingerprint density at radius 3 is 2.73 bits per heavy atom. The lowest BCUT2D eigenvalue weighted by molar-refractivity contribution is 0.0419. The number of rotatable bonds is 10. The summed E-state index contributed by atoms with van der Waals surface area (Å²) in [5.41, 5.74) is -0.393. The standard InChI is InChI=1S/C22H26N6O5/c1-3-5-12-28-19-18(20(29)25-22(28)31)27(10-4-2)17(24-19)14-32-21(30)16-8-7-15(33-16)13-26-11-6-9-23-26/h6-9,11H,3-5,10,12-14H2,1-2H3,(H,25,29,31). The molecule has 0 aliphatic rings. The molecular formula is C22H26N6O5. The molecule has 0 aromatic carbocycles. The number of esters is 1. The number of hydrogen-bond acceptors (Lipinski definition) is 7. The van der Waals surface area contributed by atoms with Crippen molar-refractivity contribution in [2.75, 3.05) is 0 Å².